The van der Waals surface area contributed by atoms with Gasteiger partial charge in [0.05, 0.1) is 11.7 Å². The Bertz CT molecular complexity index is 1320. The summed E-state index contributed by atoms with van der Waals surface area (Å²) in [6.07, 6.45) is 7.72. The van der Waals surface area contributed by atoms with Crippen LogP contribution in [0.1, 0.15) is 47.8 Å². The van der Waals surface area contributed by atoms with Gasteiger partial charge in [0.1, 0.15) is 34.5 Å². The van der Waals surface area contributed by atoms with Crippen LogP contribution in [0, 0.1) is 5.82 Å². The van der Waals surface area contributed by atoms with Crippen LogP contribution < -0.4 is 11.1 Å². The number of carbonyl (C=O) groups excluding carboxylic acids is 1. The van der Waals surface area contributed by atoms with Crippen molar-refractivity contribution in [3.05, 3.63) is 72.2 Å². The van der Waals surface area contributed by atoms with E-state index in [1.54, 1.807) is 42.9 Å². The fourth-order valence-electron chi connectivity index (χ4n) is 4.38. The normalized spacial score (nSPS) is 18.4. The van der Waals surface area contributed by atoms with Gasteiger partial charge in [-0.3, -0.25) is 9.20 Å². The first-order chi connectivity index (χ1) is 16.0. The van der Waals surface area contributed by atoms with E-state index >= 15 is 4.39 Å². The maximum Gasteiger partial charge on any atom is 0.259 e. The average molecular weight is 446 g/mol. The summed E-state index contributed by atoms with van der Waals surface area (Å²) in [5.74, 6) is 0.344. The van der Waals surface area contributed by atoms with Gasteiger partial charge in [0.15, 0.2) is 0 Å². The topological polar surface area (TPSA) is 118 Å². The van der Waals surface area contributed by atoms with E-state index in [9.17, 15) is 9.90 Å². The molecule has 3 aromatic heterocycles. The SMILES string of the molecule is Nc1nccn2c1c(-c1ccc(C(=O)Nc3ccccn3)c(F)c1)nc2[C@H]1CC[C@H](O)CC1. The number of amides is 1. The maximum absolute atomic E-state index is 15.0. The lowest BCUT2D eigenvalue weighted by Crippen LogP contribution is -2.18. The summed E-state index contributed by atoms with van der Waals surface area (Å²) in [6, 6.07) is 9.45. The van der Waals surface area contributed by atoms with Crippen LogP contribution in [0.2, 0.25) is 0 Å². The van der Waals surface area contributed by atoms with Gasteiger partial charge in [-0.15, -0.1) is 0 Å². The highest BCUT2D eigenvalue weighted by molar-refractivity contribution is 6.04. The fraction of sp³-hybridized carbons (Fsp3) is 0.250. The number of rotatable bonds is 4. The number of aliphatic hydroxyl groups excluding tert-OH is 1. The van der Waals surface area contributed by atoms with E-state index in [0.29, 0.717) is 41.3 Å². The highest BCUT2D eigenvalue weighted by atomic mass is 19.1. The van der Waals surface area contributed by atoms with Crippen LogP contribution in [0.3, 0.4) is 0 Å². The molecule has 1 aliphatic carbocycles. The zero-order valence-corrected chi connectivity index (χ0v) is 17.8. The second-order valence-electron chi connectivity index (χ2n) is 8.22. The lowest BCUT2D eigenvalue weighted by atomic mass is 9.87. The van der Waals surface area contributed by atoms with Crippen molar-refractivity contribution in [1.29, 1.82) is 0 Å². The van der Waals surface area contributed by atoms with Crippen LogP contribution >= 0.6 is 0 Å². The Morgan fingerprint density at radius 3 is 2.67 bits per heavy atom. The standard InChI is InChI=1S/C24H23FN6O2/c25-18-13-15(6-9-17(18)24(33)29-19-3-1-2-10-27-19)20-21-22(26)28-11-12-31(21)23(30-20)14-4-7-16(32)8-5-14/h1-3,6,9-14,16,32H,4-5,7-8H2,(H2,26,28)(H,27,29,33)/t14-,16-. The molecule has 8 nitrogen and oxygen atoms in total. The number of aliphatic hydroxyl groups is 1. The summed E-state index contributed by atoms with van der Waals surface area (Å²) < 4.78 is 16.9. The molecule has 168 valence electrons. The van der Waals surface area contributed by atoms with Gasteiger partial charge in [0, 0.05) is 30.1 Å². The van der Waals surface area contributed by atoms with Crippen molar-refractivity contribution < 1.29 is 14.3 Å². The Morgan fingerprint density at radius 1 is 1.12 bits per heavy atom. The Labute approximate surface area is 189 Å². The van der Waals surface area contributed by atoms with Crippen molar-refractivity contribution in [3.63, 3.8) is 0 Å². The molecule has 4 aromatic rings. The highest BCUT2D eigenvalue weighted by Gasteiger charge is 2.27. The van der Waals surface area contributed by atoms with Gasteiger partial charge in [-0.25, -0.2) is 19.3 Å². The molecule has 5 rings (SSSR count). The van der Waals surface area contributed by atoms with Gasteiger partial charge in [0.2, 0.25) is 0 Å². The third-order valence-electron chi connectivity index (χ3n) is 6.07. The van der Waals surface area contributed by atoms with E-state index in [0.717, 1.165) is 18.7 Å². The Morgan fingerprint density at radius 2 is 1.94 bits per heavy atom. The Hall–Kier alpha value is -3.85. The van der Waals surface area contributed by atoms with Crippen molar-refractivity contribution in [2.75, 3.05) is 11.1 Å². The van der Waals surface area contributed by atoms with Gasteiger partial charge in [0.25, 0.3) is 5.91 Å². The van der Waals surface area contributed by atoms with Crippen molar-refractivity contribution in [1.82, 2.24) is 19.4 Å². The van der Waals surface area contributed by atoms with E-state index in [1.807, 2.05) is 4.40 Å². The number of hydrogen-bond donors (Lipinski definition) is 3. The average Bonchev–Trinajstić information content (AvgIpc) is 3.21. The first-order valence-electron chi connectivity index (χ1n) is 10.8. The molecule has 0 radical (unpaired) electrons. The number of nitrogen functional groups attached to an aromatic ring is 1. The third kappa shape index (κ3) is 4.03. The van der Waals surface area contributed by atoms with Crippen molar-refractivity contribution in [2.24, 2.45) is 0 Å². The van der Waals surface area contributed by atoms with E-state index < -0.39 is 11.7 Å². The second kappa shape index (κ2) is 8.59. The third-order valence-corrected chi connectivity index (χ3v) is 6.07. The molecule has 0 spiro atoms. The van der Waals surface area contributed by atoms with Crippen LogP contribution in [0.15, 0.2) is 55.0 Å². The smallest absolute Gasteiger partial charge is 0.259 e. The summed E-state index contributed by atoms with van der Waals surface area (Å²) in [5, 5.41) is 12.5. The van der Waals surface area contributed by atoms with Gasteiger partial charge in [-0.1, -0.05) is 12.1 Å². The Kier molecular flexibility index (Phi) is 5.47. The largest absolute Gasteiger partial charge is 0.393 e. The fourth-order valence-corrected chi connectivity index (χ4v) is 4.38. The number of nitrogens with one attached hydrogen (secondary N) is 1. The molecule has 1 amide bonds. The molecular weight excluding hydrogens is 423 g/mol. The van der Waals surface area contributed by atoms with Gasteiger partial charge in [-0.2, -0.15) is 0 Å². The van der Waals surface area contributed by atoms with Crippen molar-refractivity contribution in [2.45, 2.75) is 37.7 Å². The number of aromatic nitrogens is 4. The number of imidazole rings is 1. The van der Waals surface area contributed by atoms with E-state index in [1.165, 1.54) is 12.1 Å². The molecule has 0 atom stereocenters. The molecule has 0 bridgehead atoms. The van der Waals surface area contributed by atoms with Crippen LogP contribution in [0.25, 0.3) is 16.8 Å². The number of hydrogen-bond acceptors (Lipinski definition) is 6. The summed E-state index contributed by atoms with van der Waals surface area (Å²) in [4.78, 5) is 25.6. The number of fused-ring (bicyclic) bond motifs is 1. The molecule has 4 N–H and O–H groups in total. The number of benzene rings is 1. The van der Waals surface area contributed by atoms with E-state index in [-0.39, 0.29) is 17.6 Å². The molecule has 1 aliphatic rings. The minimum atomic E-state index is -0.674. The molecule has 0 aliphatic heterocycles. The number of halogens is 1. The van der Waals surface area contributed by atoms with Gasteiger partial charge in [-0.05, 0) is 49.9 Å². The summed E-state index contributed by atoms with van der Waals surface area (Å²) in [5.41, 5.74) is 7.70. The van der Waals surface area contributed by atoms with Crippen LogP contribution in [-0.2, 0) is 0 Å². The van der Waals surface area contributed by atoms with Gasteiger partial charge >= 0.3 is 0 Å². The number of pyridine rings is 1. The molecular formula is C24H23FN6O2. The summed E-state index contributed by atoms with van der Waals surface area (Å²) in [7, 11) is 0. The van der Waals surface area contributed by atoms with Crippen LogP contribution in [0.4, 0.5) is 16.0 Å². The second-order valence-corrected chi connectivity index (χ2v) is 8.22. The number of carbonyl (C=O) groups is 1. The number of anilines is 2. The van der Waals surface area contributed by atoms with E-state index in [4.69, 9.17) is 10.7 Å². The molecule has 1 fully saturated rings. The first kappa shape index (κ1) is 21.0. The minimum absolute atomic E-state index is 0.0968. The monoisotopic (exact) mass is 446 g/mol. The van der Waals surface area contributed by atoms with Crippen LogP contribution in [-0.4, -0.2) is 36.5 Å². The molecule has 0 unspecified atom stereocenters. The lowest BCUT2D eigenvalue weighted by Gasteiger charge is -2.24. The van der Waals surface area contributed by atoms with Crippen molar-refractivity contribution >= 4 is 23.1 Å². The minimum Gasteiger partial charge on any atom is -0.393 e. The highest BCUT2D eigenvalue weighted by Crippen LogP contribution is 2.37. The molecule has 33 heavy (non-hydrogen) atoms. The van der Waals surface area contributed by atoms with Crippen LogP contribution in [0.5, 0.6) is 0 Å². The molecule has 1 saturated carbocycles. The zero-order chi connectivity index (χ0) is 22.9. The predicted molar refractivity (Wildman–Crippen MR) is 122 cm³/mol. The first-order valence-corrected chi connectivity index (χ1v) is 10.8. The number of nitrogens with two attached hydrogens (primary N) is 1. The van der Waals surface area contributed by atoms with Crippen molar-refractivity contribution in [3.8, 4) is 11.3 Å². The summed E-state index contributed by atoms with van der Waals surface area (Å²) >= 11 is 0. The summed E-state index contributed by atoms with van der Waals surface area (Å²) in [6.45, 7) is 0. The molecule has 3 heterocycles. The zero-order valence-electron chi connectivity index (χ0n) is 17.8. The lowest BCUT2D eigenvalue weighted by molar-refractivity contribution is 0.102. The number of nitrogens with zero attached hydrogens (tertiary/aromatic N) is 4. The quantitative estimate of drug-likeness (QED) is 0.439. The molecule has 0 saturated heterocycles. The van der Waals surface area contributed by atoms with E-state index in [2.05, 4.69) is 15.3 Å². The molecule has 9 heteroatoms. The molecule has 1 aromatic carbocycles. The predicted octanol–water partition coefficient (Wildman–Crippen LogP) is 3.78. The van der Waals surface area contributed by atoms with Gasteiger partial charge < -0.3 is 16.2 Å². The Balaban J connectivity index is 1.51. The maximum atomic E-state index is 15.0.